The first kappa shape index (κ1) is 13.2. The van der Waals surface area contributed by atoms with Crippen LogP contribution in [0.2, 0.25) is 0 Å². The van der Waals surface area contributed by atoms with E-state index in [0.29, 0.717) is 18.1 Å². The first-order chi connectivity index (χ1) is 9.68. The minimum Gasteiger partial charge on any atom is -0.480 e. The molecular weight excluding hydrogens is 274 g/mol. The Hall–Kier alpha value is -1.82. The molecule has 2 aromatic rings. The zero-order valence-electron chi connectivity index (χ0n) is 11.1. The SMILES string of the molecule is Cc1nnc(N2CCSCC2C(=O)O)c2ccccc12. The number of carbonyl (C=O) groups is 1. The minimum absolute atomic E-state index is 0.533. The Labute approximate surface area is 121 Å². The van der Waals surface area contributed by atoms with Crippen molar-refractivity contribution in [2.75, 3.05) is 23.0 Å². The Morgan fingerprint density at radius 3 is 2.85 bits per heavy atom. The average molecular weight is 289 g/mol. The molecule has 0 bridgehead atoms. The molecule has 3 rings (SSSR count). The number of carboxylic acid groups (broad SMARTS) is 1. The van der Waals surface area contributed by atoms with E-state index in [1.807, 2.05) is 36.1 Å². The summed E-state index contributed by atoms with van der Waals surface area (Å²) in [5.74, 6) is 1.37. The Bertz CT molecular complexity index is 662. The average Bonchev–Trinajstić information content (AvgIpc) is 2.48. The Morgan fingerprint density at radius 1 is 1.35 bits per heavy atom. The van der Waals surface area contributed by atoms with E-state index in [0.717, 1.165) is 22.2 Å². The number of aromatic nitrogens is 2. The highest BCUT2D eigenvalue weighted by Gasteiger charge is 2.31. The van der Waals surface area contributed by atoms with Gasteiger partial charge in [-0.3, -0.25) is 0 Å². The molecule has 1 unspecified atom stereocenters. The molecule has 20 heavy (non-hydrogen) atoms. The van der Waals surface area contributed by atoms with Crippen molar-refractivity contribution in [3.63, 3.8) is 0 Å². The summed E-state index contributed by atoms with van der Waals surface area (Å²) in [6, 6.07) is 7.35. The van der Waals surface area contributed by atoms with Gasteiger partial charge in [0.1, 0.15) is 6.04 Å². The first-order valence-corrected chi connectivity index (χ1v) is 7.63. The summed E-state index contributed by atoms with van der Waals surface area (Å²) in [4.78, 5) is 13.3. The highest BCUT2D eigenvalue weighted by Crippen LogP contribution is 2.29. The summed E-state index contributed by atoms with van der Waals surface area (Å²) < 4.78 is 0. The van der Waals surface area contributed by atoms with Gasteiger partial charge in [0.15, 0.2) is 5.82 Å². The lowest BCUT2D eigenvalue weighted by Gasteiger charge is -2.33. The molecule has 6 heteroatoms. The molecule has 2 heterocycles. The van der Waals surface area contributed by atoms with E-state index in [1.54, 1.807) is 11.8 Å². The van der Waals surface area contributed by atoms with Crippen molar-refractivity contribution in [1.82, 2.24) is 10.2 Å². The number of anilines is 1. The second-order valence-electron chi connectivity index (χ2n) is 4.78. The number of rotatable bonds is 2. The van der Waals surface area contributed by atoms with Gasteiger partial charge < -0.3 is 10.0 Å². The molecule has 1 atom stereocenters. The van der Waals surface area contributed by atoms with Gasteiger partial charge >= 0.3 is 5.97 Å². The summed E-state index contributed by atoms with van der Waals surface area (Å²) in [6.45, 7) is 2.60. The smallest absolute Gasteiger partial charge is 0.327 e. The normalized spacial score (nSPS) is 19.2. The predicted molar refractivity (Wildman–Crippen MR) is 80.4 cm³/mol. The molecule has 1 aromatic carbocycles. The van der Waals surface area contributed by atoms with Crippen LogP contribution in [0.15, 0.2) is 24.3 Å². The predicted octanol–water partition coefficient (Wildman–Crippen LogP) is 1.94. The molecule has 1 saturated heterocycles. The molecular formula is C14H15N3O2S. The van der Waals surface area contributed by atoms with E-state index in [9.17, 15) is 9.90 Å². The number of nitrogens with zero attached hydrogens (tertiary/aromatic N) is 3. The van der Waals surface area contributed by atoms with Crippen molar-refractivity contribution in [3.8, 4) is 0 Å². The van der Waals surface area contributed by atoms with Crippen LogP contribution in [0.25, 0.3) is 10.8 Å². The van der Waals surface area contributed by atoms with Gasteiger partial charge in [0, 0.05) is 28.8 Å². The summed E-state index contributed by atoms with van der Waals surface area (Å²) in [6.07, 6.45) is 0. The maximum absolute atomic E-state index is 11.4. The molecule has 1 N–H and O–H groups in total. The van der Waals surface area contributed by atoms with Crippen LogP contribution in [0.3, 0.4) is 0 Å². The molecule has 0 aliphatic carbocycles. The van der Waals surface area contributed by atoms with Gasteiger partial charge in [0.2, 0.25) is 0 Å². The zero-order chi connectivity index (χ0) is 14.1. The lowest BCUT2D eigenvalue weighted by molar-refractivity contribution is -0.138. The maximum atomic E-state index is 11.4. The summed E-state index contributed by atoms with van der Waals surface area (Å²) >= 11 is 1.67. The molecule has 0 radical (unpaired) electrons. The Morgan fingerprint density at radius 2 is 2.10 bits per heavy atom. The number of hydrogen-bond donors (Lipinski definition) is 1. The van der Waals surface area contributed by atoms with E-state index >= 15 is 0 Å². The zero-order valence-corrected chi connectivity index (χ0v) is 11.9. The van der Waals surface area contributed by atoms with Crippen LogP contribution in [-0.2, 0) is 4.79 Å². The highest BCUT2D eigenvalue weighted by atomic mass is 32.2. The van der Waals surface area contributed by atoms with E-state index < -0.39 is 12.0 Å². The highest BCUT2D eigenvalue weighted by molar-refractivity contribution is 7.99. The lowest BCUT2D eigenvalue weighted by atomic mass is 10.1. The fourth-order valence-electron chi connectivity index (χ4n) is 2.50. The van der Waals surface area contributed by atoms with Crippen LogP contribution in [0.5, 0.6) is 0 Å². The van der Waals surface area contributed by atoms with Gasteiger partial charge in [0.05, 0.1) is 5.69 Å². The van der Waals surface area contributed by atoms with Gasteiger partial charge in [-0.05, 0) is 6.92 Å². The molecule has 1 aliphatic heterocycles. The maximum Gasteiger partial charge on any atom is 0.327 e. The van der Waals surface area contributed by atoms with Crippen LogP contribution in [0, 0.1) is 6.92 Å². The van der Waals surface area contributed by atoms with E-state index in [2.05, 4.69) is 10.2 Å². The van der Waals surface area contributed by atoms with E-state index in [4.69, 9.17) is 0 Å². The molecule has 104 valence electrons. The van der Waals surface area contributed by atoms with Crippen molar-refractivity contribution >= 4 is 34.3 Å². The molecule has 0 saturated carbocycles. The molecule has 1 aromatic heterocycles. The van der Waals surface area contributed by atoms with Crippen LogP contribution >= 0.6 is 11.8 Å². The fourth-order valence-corrected chi connectivity index (χ4v) is 3.54. The monoisotopic (exact) mass is 289 g/mol. The summed E-state index contributed by atoms with van der Waals surface area (Å²) in [5.41, 5.74) is 0.864. The van der Waals surface area contributed by atoms with Gasteiger partial charge in [-0.15, -0.1) is 5.10 Å². The standard InChI is InChI=1S/C14H15N3O2S/c1-9-10-4-2-3-5-11(10)13(16-15-9)17-6-7-20-8-12(17)14(18)19/h2-5,12H,6-8H2,1H3,(H,18,19). The third-order valence-corrected chi connectivity index (χ3v) is 4.56. The number of aryl methyl sites for hydroxylation is 1. The lowest BCUT2D eigenvalue weighted by Crippen LogP contribution is -2.48. The number of carboxylic acids is 1. The number of hydrogen-bond acceptors (Lipinski definition) is 5. The van der Waals surface area contributed by atoms with Crippen LogP contribution < -0.4 is 4.90 Å². The van der Waals surface area contributed by atoms with Crippen molar-refractivity contribution < 1.29 is 9.90 Å². The Kier molecular flexibility index (Phi) is 3.48. The van der Waals surface area contributed by atoms with Gasteiger partial charge in [-0.1, -0.05) is 24.3 Å². The topological polar surface area (TPSA) is 66.3 Å². The third-order valence-electron chi connectivity index (χ3n) is 3.54. The van der Waals surface area contributed by atoms with Crippen molar-refractivity contribution in [3.05, 3.63) is 30.0 Å². The molecule has 0 amide bonds. The van der Waals surface area contributed by atoms with E-state index in [-0.39, 0.29) is 0 Å². The van der Waals surface area contributed by atoms with Crippen LogP contribution in [-0.4, -0.2) is 45.4 Å². The number of benzene rings is 1. The minimum atomic E-state index is -0.802. The van der Waals surface area contributed by atoms with Crippen LogP contribution in [0.4, 0.5) is 5.82 Å². The van der Waals surface area contributed by atoms with Gasteiger partial charge in [0.25, 0.3) is 0 Å². The first-order valence-electron chi connectivity index (χ1n) is 6.47. The Balaban J connectivity index is 2.13. The molecule has 1 aliphatic rings. The van der Waals surface area contributed by atoms with Crippen LogP contribution in [0.1, 0.15) is 5.69 Å². The van der Waals surface area contributed by atoms with Crippen molar-refractivity contribution in [1.29, 1.82) is 0 Å². The third kappa shape index (κ3) is 2.20. The summed E-state index contributed by atoms with van der Waals surface area (Å²) in [5, 5.41) is 19.8. The van der Waals surface area contributed by atoms with Gasteiger partial charge in [-0.25, -0.2) is 4.79 Å². The molecule has 1 fully saturated rings. The second kappa shape index (κ2) is 5.28. The van der Waals surface area contributed by atoms with E-state index in [1.165, 1.54) is 0 Å². The fraction of sp³-hybridized carbons (Fsp3) is 0.357. The number of thioether (sulfide) groups is 1. The molecule has 5 nitrogen and oxygen atoms in total. The number of aliphatic carboxylic acids is 1. The van der Waals surface area contributed by atoms with Crippen molar-refractivity contribution in [2.24, 2.45) is 0 Å². The largest absolute Gasteiger partial charge is 0.480 e. The quantitative estimate of drug-likeness (QED) is 0.911. The van der Waals surface area contributed by atoms with Gasteiger partial charge in [-0.2, -0.15) is 16.9 Å². The molecule has 0 spiro atoms. The second-order valence-corrected chi connectivity index (χ2v) is 5.93. The summed E-state index contributed by atoms with van der Waals surface area (Å²) in [7, 11) is 0. The van der Waals surface area contributed by atoms with Crippen molar-refractivity contribution in [2.45, 2.75) is 13.0 Å². The number of fused-ring (bicyclic) bond motifs is 1.